The number of aryl methyl sites for hydroxylation is 2. The molecule has 1 aliphatic rings. The van der Waals surface area contributed by atoms with Gasteiger partial charge in [-0.1, -0.05) is 30.3 Å². The minimum absolute atomic E-state index is 0.0359. The van der Waals surface area contributed by atoms with Crippen LogP contribution in [-0.4, -0.2) is 33.9 Å². The summed E-state index contributed by atoms with van der Waals surface area (Å²) >= 11 is 0. The normalized spacial score (nSPS) is 17.8. The molecule has 31 heavy (non-hydrogen) atoms. The molecule has 160 valence electrons. The number of hydrogen-bond acceptors (Lipinski definition) is 4. The second kappa shape index (κ2) is 9.84. The van der Waals surface area contributed by atoms with Gasteiger partial charge < -0.3 is 5.32 Å². The van der Waals surface area contributed by atoms with Gasteiger partial charge in [0.1, 0.15) is 0 Å². The first kappa shape index (κ1) is 21.2. The van der Waals surface area contributed by atoms with Gasteiger partial charge in [0.2, 0.25) is 0 Å². The average molecular weight is 415 g/mol. The topological polar surface area (TPSA) is 58.1 Å². The van der Waals surface area contributed by atoms with Gasteiger partial charge in [-0.3, -0.25) is 19.7 Å². The predicted molar refractivity (Wildman–Crippen MR) is 123 cm³/mol. The Labute approximate surface area is 184 Å². The molecule has 1 N–H and O–H groups in total. The molecule has 2 atom stereocenters. The van der Waals surface area contributed by atoms with Crippen molar-refractivity contribution in [1.82, 2.24) is 20.2 Å². The van der Waals surface area contributed by atoms with E-state index in [9.17, 15) is 4.79 Å². The zero-order valence-corrected chi connectivity index (χ0v) is 18.3. The minimum atomic E-state index is -0.124. The Morgan fingerprint density at radius 1 is 1.10 bits per heavy atom. The Hall–Kier alpha value is -3.05. The first-order valence-corrected chi connectivity index (χ1v) is 11.0. The lowest BCUT2D eigenvalue weighted by atomic mass is 9.88. The van der Waals surface area contributed by atoms with E-state index in [1.54, 1.807) is 6.20 Å². The summed E-state index contributed by atoms with van der Waals surface area (Å²) in [4.78, 5) is 24.9. The summed E-state index contributed by atoms with van der Waals surface area (Å²) in [6.45, 7) is 6.79. The van der Waals surface area contributed by atoms with Gasteiger partial charge in [0.15, 0.2) is 0 Å². The summed E-state index contributed by atoms with van der Waals surface area (Å²) in [5.41, 5.74) is 4.77. The maximum Gasteiger partial charge on any atom is 0.252 e. The monoisotopic (exact) mass is 414 g/mol. The van der Waals surface area contributed by atoms with Gasteiger partial charge in [-0.25, -0.2) is 0 Å². The zero-order chi connectivity index (χ0) is 21.6. The fourth-order valence-corrected chi connectivity index (χ4v) is 4.46. The van der Waals surface area contributed by atoms with Crippen LogP contribution in [0.2, 0.25) is 0 Å². The van der Waals surface area contributed by atoms with Crippen molar-refractivity contribution in [2.45, 2.75) is 39.3 Å². The Bertz CT molecular complexity index is 1020. The second-order valence-electron chi connectivity index (χ2n) is 8.43. The molecule has 5 heteroatoms. The highest BCUT2D eigenvalue weighted by atomic mass is 16.1. The summed E-state index contributed by atoms with van der Waals surface area (Å²) in [6, 6.07) is 19.7. The number of amides is 1. The number of hydrogen-bond donors (Lipinski definition) is 1. The van der Waals surface area contributed by atoms with Crippen molar-refractivity contribution in [3.8, 4) is 0 Å². The van der Waals surface area contributed by atoms with Crippen molar-refractivity contribution in [2.24, 2.45) is 5.92 Å². The number of likely N-dealkylation sites (tertiary alicyclic amines) is 1. The van der Waals surface area contributed by atoms with E-state index in [0.717, 1.165) is 60.7 Å². The fraction of sp³-hybridized carbons (Fsp3) is 0.346. The van der Waals surface area contributed by atoms with Crippen molar-refractivity contribution in [2.75, 3.05) is 13.1 Å². The standard InChI is InChI=1S/C26H30N4O/c1-19-9-3-4-13-23(19)26(31)29-25(24-14-5-6-15-27-24)21-11-8-16-30(17-21)18-22-12-7-10-20(2)28-22/h3-7,9-10,12-15,21,25H,8,11,16-18H2,1-2H3,(H,29,31). The molecule has 0 saturated carbocycles. The maximum absolute atomic E-state index is 13.1. The molecule has 1 fully saturated rings. The maximum atomic E-state index is 13.1. The van der Waals surface area contributed by atoms with Crippen LogP contribution in [0.25, 0.3) is 0 Å². The minimum Gasteiger partial charge on any atom is -0.343 e. The largest absolute Gasteiger partial charge is 0.343 e. The highest BCUT2D eigenvalue weighted by Crippen LogP contribution is 2.30. The lowest BCUT2D eigenvalue weighted by Crippen LogP contribution is -2.43. The van der Waals surface area contributed by atoms with Crippen LogP contribution in [0, 0.1) is 19.8 Å². The molecule has 2 unspecified atom stereocenters. The number of nitrogens with zero attached hydrogens (tertiary/aromatic N) is 3. The number of benzene rings is 1. The van der Waals surface area contributed by atoms with Gasteiger partial charge in [0.25, 0.3) is 5.91 Å². The van der Waals surface area contributed by atoms with Crippen LogP contribution in [0.5, 0.6) is 0 Å². The Kier molecular flexibility index (Phi) is 6.73. The van der Waals surface area contributed by atoms with E-state index in [1.807, 2.05) is 62.4 Å². The number of carbonyl (C=O) groups is 1. The van der Waals surface area contributed by atoms with Gasteiger partial charge in [-0.05, 0) is 75.0 Å². The van der Waals surface area contributed by atoms with E-state index >= 15 is 0 Å². The third-order valence-corrected chi connectivity index (χ3v) is 6.03. The highest BCUT2D eigenvalue weighted by molar-refractivity contribution is 5.95. The highest BCUT2D eigenvalue weighted by Gasteiger charge is 2.31. The van der Waals surface area contributed by atoms with Crippen LogP contribution in [0.15, 0.2) is 66.9 Å². The van der Waals surface area contributed by atoms with E-state index in [-0.39, 0.29) is 11.9 Å². The Morgan fingerprint density at radius 2 is 1.94 bits per heavy atom. The zero-order valence-electron chi connectivity index (χ0n) is 18.3. The fourth-order valence-electron chi connectivity index (χ4n) is 4.46. The predicted octanol–water partition coefficient (Wildman–Crippen LogP) is 4.48. The van der Waals surface area contributed by atoms with E-state index in [0.29, 0.717) is 5.92 Å². The number of aromatic nitrogens is 2. The van der Waals surface area contributed by atoms with Crippen LogP contribution in [0.1, 0.15) is 51.9 Å². The van der Waals surface area contributed by atoms with Crippen molar-refractivity contribution in [3.05, 3.63) is 95.1 Å². The number of nitrogens with one attached hydrogen (secondary N) is 1. The molecule has 1 aromatic carbocycles. The molecule has 5 nitrogen and oxygen atoms in total. The van der Waals surface area contributed by atoms with E-state index in [2.05, 4.69) is 32.3 Å². The molecular formula is C26H30N4O. The third-order valence-electron chi connectivity index (χ3n) is 6.03. The summed E-state index contributed by atoms with van der Waals surface area (Å²) in [6.07, 6.45) is 3.96. The van der Waals surface area contributed by atoms with E-state index < -0.39 is 0 Å². The molecular weight excluding hydrogens is 384 g/mol. The van der Waals surface area contributed by atoms with Crippen molar-refractivity contribution in [3.63, 3.8) is 0 Å². The number of pyridine rings is 2. The Morgan fingerprint density at radius 3 is 2.71 bits per heavy atom. The SMILES string of the molecule is Cc1cccc(CN2CCCC(C(NC(=O)c3ccccc3C)c3ccccn3)C2)n1. The smallest absolute Gasteiger partial charge is 0.252 e. The van der Waals surface area contributed by atoms with Crippen LogP contribution < -0.4 is 5.32 Å². The molecule has 0 bridgehead atoms. The number of carbonyl (C=O) groups excluding carboxylic acids is 1. The molecule has 0 spiro atoms. The van der Waals surface area contributed by atoms with Crippen molar-refractivity contribution >= 4 is 5.91 Å². The van der Waals surface area contributed by atoms with Crippen molar-refractivity contribution in [1.29, 1.82) is 0 Å². The second-order valence-corrected chi connectivity index (χ2v) is 8.43. The quantitative estimate of drug-likeness (QED) is 0.646. The molecule has 2 aromatic heterocycles. The molecule has 3 heterocycles. The summed E-state index contributed by atoms with van der Waals surface area (Å²) in [5.74, 6) is 0.257. The lowest BCUT2D eigenvalue weighted by molar-refractivity contribution is 0.0873. The van der Waals surface area contributed by atoms with Gasteiger partial charge >= 0.3 is 0 Å². The summed E-state index contributed by atoms with van der Waals surface area (Å²) in [5, 5.41) is 3.31. The van der Waals surface area contributed by atoms with Gasteiger partial charge in [-0.15, -0.1) is 0 Å². The van der Waals surface area contributed by atoms with Gasteiger partial charge in [0.05, 0.1) is 17.4 Å². The third kappa shape index (κ3) is 5.36. The lowest BCUT2D eigenvalue weighted by Gasteiger charge is -2.37. The molecule has 4 rings (SSSR count). The molecule has 0 radical (unpaired) electrons. The van der Waals surface area contributed by atoms with Crippen LogP contribution >= 0.6 is 0 Å². The first-order chi connectivity index (χ1) is 15.1. The number of piperidine rings is 1. The van der Waals surface area contributed by atoms with E-state index in [1.165, 1.54) is 0 Å². The number of rotatable bonds is 6. The van der Waals surface area contributed by atoms with Crippen LogP contribution in [-0.2, 0) is 6.54 Å². The molecule has 3 aromatic rings. The van der Waals surface area contributed by atoms with E-state index in [4.69, 9.17) is 0 Å². The Balaban J connectivity index is 1.53. The van der Waals surface area contributed by atoms with Crippen LogP contribution in [0.3, 0.4) is 0 Å². The van der Waals surface area contributed by atoms with Crippen molar-refractivity contribution < 1.29 is 4.79 Å². The molecule has 1 aliphatic heterocycles. The first-order valence-electron chi connectivity index (χ1n) is 11.0. The summed E-state index contributed by atoms with van der Waals surface area (Å²) in [7, 11) is 0. The summed E-state index contributed by atoms with van der Waals surface area (Å²) < 4.78 is 0. The molecule has 1 amide bonds. The molecule has 0 aliphatic carbocycles. The van der Waals surface area contributed by atoms with Gasteiger partial charge in [-0.2, -0.15) is 0 Å². The van der Waals surface area contributed by atoms with Crippen LogP contribution in [0.4, 0.5) is 0 Å². The molecule has 1 saturated heterocycles. The van der Waals surface area contributed by atoms with Gasteiger partial charge in [0, 0.05) is 30.5 Å². The average Bonchev–Trinajstić information content (AvgIpc) is 2.78.